The molecule has 0 aliphatic rings. The summed E-state index contributed by atoms with van der Waals surface area (Å²) in [6.45, 7) is 0.678. The van der Waals surface area contributed by atoms with Crippen LogP contribution in [0.25, 0.3) is 0 Å². The van der Waals surface area contributed by atoms with Crippen LogP contribution < -0.4 is 4.74 Å². The van der Waals surface area contributed by atoms with Gasteiger partial charge in [0.25, 0.3) is 0 Å². The summed E-state index contributed by atoms with van der Waals surface area (Å²) in [4.78, 5) is 11.2. The fourth-order valence-electron chi connectivity index (χ4n) is 1.42. The van der Waals surface area contributed by atoms with E-state index in [9.17, 15) is 4.79 Å². The summed E-state index contributed by atoms with van der Waals surface area (Å²) in [7, 11) is 6.76. The van der Waals surface area contributed by atoms with Crippen molar-refractivity contribution < 1.29 is 14.3 Å². The number of carbonyl (C=O) groups is 1. The lowest BCUT2D eigenvalue weighted by Gasteiger charge is -2.06. The van der Waals surface area contributed by atoms with Crippen molar-refractivity contribution in [1.82, 2.24) is 0 Å². The van der Waals surface area contributed by atoms with Gasteiger partial charge in [0.1, 0.15) is 5.75 Å². The second-order valence-electron chi connectivity index (χ2n) is 3.71. The quantitative estimate of drug-likeness (QED) is 0.411. The molecule has 0 spiro atoms. The normalized spacial score (nSPS) is 9.94. The Balaban J connectivity index is 2.33. The standard InChI is InChI=1S/C13H17BO3/c1-16-13(15)11-5-7-12(8-6-11)17-10-4-2-3-9-14/h5-8H,2-4,9-10H2,1H3. The van der Waals surface area contributed by atoms with E-state index in [2.05, 4.69) is 4.74 Å². The fourth-order valence-corrected chi connectivity index (χ4v) is 1.42. The SMILES string of the molecule is [B]CCCCCOc1ccc(C(=O)OC)cc1. The number of rotatable bonds is 7. The highest BCUT2D eigenvalue weighted by Crippen LogP contribution is 2.13. The number of unbranched alkanes of at least 4 members (excludes halogenated alkanes) is 2. The molecule has 1 rings (SSSR count). The molecule has 0 aliphatic carbocycles. The van der Waals surface area contributed by atoms with Crippen LogP contribution in [-0.2, 0) is 4.74 Å². The van der Waals surface area contributed by atoms with Crippen LogP contribution in [-0.4, -0.2) is 27.5 Å². The van der Waals surface area contributed by atoms with Crippen LogP contribution in [0.4, 0.5) is 0 Å². The maximum atomic E-state index is 11.2. The molecule has 1 aromatic rings. The monoisotopic (exact) mass is 232 g/mol. The molecule has 0 heterocycles. The Bertz CT molecular complexity index is 335. The molecule has 0 bridgehead atoms. The van der Waals surface area contributed by atoms with Crippen LogP contribution >= 0.6 is 0 Å². The van der Waals surface area contributed by atoms with Gasteiger partial charge in [0.15, 0.2) is 0 Å². The third-order valence-corrected chi connectivity index (χ3v) is 2.39. The second-order valence-corrected chi connectivity index (χ2v) is 3.71. The highest BCUT2D eigenvalue weighted by Gasteiger charge is 2.04. The summed E-state index contributed by atoms with van der Waals surface area (Å²) in [5.74, 6) is 0.435. The van der Waals surface area contributed by atoms with Gasteiger partial charge in [-0.1, -0.05) is 19.2 Å². The van der Waals surface area contributed by atoms with Gasteiger partial charge < -0.3 is 9.47 Å². The Kier molecular flexibility index (Phi) is 6.22. The number of ether oxygens (including phenoxy) is 2. The summed E-state index contributed by atoms with van der Waals surface area (Å²) >= 11 is 0. The van der Waals surface area contributed by atoms with E-state index in [0.717, 1.165) is 31.3 Å². The Morgan fingerprint density at radius 3 is 2.47 bits per heavy atom. The van der Waals surface area contributed by atoms with Gasteiger partial charge in [0.05, 0.1) is 27.1 Å². The number of benzene rings is 1. The highest BCUT2D eigenvalue weighted by molar-refractivity contribution is 6.08. The van der Waals surface area contributed by atoms with Crippen molar-refractivity contribution in [3.8, 4) is 5.75 Å². The van der Waals surface area contributed by atoms with Gasteiger partial charge in [-0.3, -0.25) is 0 Å². The number of hydrogen-bond donors (Lipinski definition) is 0. The van der Waals surface area contributed by atoms with E-state index in [4.69, 9.17) is 12.6 Å². The molecule has 0 amide bonds. The first-order chi connectivity index (χ1) is 8.27. The molecule has 3 nitrogen and oxygen atoms in total. The van der Waals surface area contributed by atoms with E-state index in [-0.39, 0.29) is 5.97 Å². The number of hydrogen-bond acceptors (Lipinski definition) is 3. The van der Waals surface area contributed by atoms with Crippen LogP contribution in [0.2, 0.25) is 6.32 Å². The molecular weight excluding hydrogens is 215 g/mol. The zero-order chi connectivity index (χ0) is 12.5. The topological polar surface area (TPSA) is 35.5 Å². The molecule has 0 fully saturated rings. The minimum absolute atomic E-state index is 0.334. The first-order valence-corrected chi connectivity index (χ1v) is 5.79. The summed E-state index contributed by atoms with van der Waals surface area (Å²) < 4.78 is 10.1. The zero-order valence-electron chi connectivity index (χ0n) is 10.1. The largest absolute Gasteiger partial charge is 0.494 e. The van der Waals surface area contributed by atoms with Gasteiger partial charge in [-0.15, -0.1) is 0 Å². The van der Waals surface area contributed by atoms with Crippen molar-refractivity contribution >= 4 is 13.8 Å². The molecule has 4 heteroatoms. The third kappa shape index (κ3) is 4.94. The molecular formula is C13H17BO3. The molecule has 1 aromatic carbocycles. The number of carbonyl (C=O) groups excluding carboxylic acids is 1. The summed E-state index contributed by atoms with van der Waals surface area (Å²) in [6.07, 6.45) is 3.84. The average molecular weight is 232 g/mol. The van der Waals surface area contributed by atoms with Crippen LogP contribution in [0.1, 0.15) is 29.6 Å². The van der Waals surface area contributed by atoms with Crippen molar-refractivity contribution in [3.05, 3.63) is 29.8 Å². The minimum Gasteiger partial charge on any atom is -0.494 e. The minimum atomic E-state index is -0.334. The zero-order valence-corrected chi connectivity index (χ0v) is 10.1. The molecule has 0 N–H and O–H groups in total. The summed E-state index contributed by atoms with van der Waals surface area (Å²) in [5, 5.41) is 0. The molecule has 0 saturated carbocycles. The van der Waals surface area contributed by atoms with E-state index in [0.29, 0.717) is 12.2 Å². The van der Waals surface area contributed by atoms with E-state index in [1.165, 1.54) is 7.11 Å². The van der Waals surface area contributed by atoms with Gasteiger partial charge in [0, 0.05) is 0 Å². The third-order valence-electron chi connectivity index (χ3n) is 2.39. The molecule has 0 aromatic heterocycles. The Morgan fingerprint density at radius 2 is 1.88 bits per heavy atom. The first-order valence-electron chi connectivity index (χ1n) is 5.79. The van der Waals surface area contributed by atoms with Crippen molar-refractivity contribution in [1.29, 1.82) is 0 Å². The Hall–Kier alpha value is -1.45. The van der Waals surface area contributed by atoms with Crippen LogP contribution in [0.5, 0.6) is 5.75 Å². The van der Waals surface area contributed by atoms with Gasteiger partial charge in [-0.05, 0) is 30.7 Å². The van der Waals surface area contributed by atoms with Gasteiger partial charge >= 0.3 is 5.97 Å². The molecule has 0 unspecified atom stereocenters. The summed E-state index contributed by atoms with van der Waals surface area (Å²) in [5.41, 5.74) is 0.531. The number of esters is 1. The fraction of sp³-hybridized carbons (Fsp3) is 0.462. The summed E-state index contributed by atoms with van der Waals surface area (Å²) in [6, 6.07) is 6.94. The molecule has 2 radical (unpaired) electrons. The van der Waals surface area contributed by atoms with Gasteiger partial charge in [-0.25, -0.2) is 4.79 Å². The Labute approximate surface area is 104 Å². The highest BCUT2D eigenvalue weighted by atomic mass is 16.5. The van der Waals surface area contributed by atoms with Crippen molar-refractivity contribution in [2.45, 2.75) is 25.6 Å². The lowest BCUT2D eigenvalue weighted by atomic mass is 10.00. The smallest absolute Gasteiger partial charge is 0.337 e. The number of methoxy groups -OCH3 is 1. The first kappa shape index (κ1) is 13.6. The van der Waals surface area contributed by atoms with Crippen molar-refractivity contribution in [2.24, 2.45) is 0 Å². The van der Waals surface area contributed by atoms with E-state index >= 15 is 0 Å². The average Bonchev–Trinajstić information content (AvgIpc) is 2.38. The van der Waals surface area contributed by atoms with Crippen LogP contribution in [0.15, 0.2) is 24.3 Å². The lowest BCUT2D eigenvalue weighted by Crippen LogP contribution is -2.01. The second kappa shape index (κ2) is 7.77. The van der Waals surface area contributed by atoms with E-state index in [1.54, 1.807) is 24.3 Å². The molecule has 0 saturated heterocycles. The maximum Gasteiger partial charge on any atom is 0.337 e. The predicted octanol–water partition coefficient (Wildman–Crippen LogP) is 2.61. The Morgan fingerprint density at radius 1 is 1.18 bits per heavy atom. The van der Waals surface area contributed by atoms with E-state index in [1.807, 2.05) is 0 Å². The molecule has 0 aliphatic heterocycles. The molecule has 90 valence electrons. The lowest BCUT2D eigenvalue weighted by molar-refractivity contribution is 0.0600. The molecule has 17 heavy (non-hydrogen) atoms. The van der Waals surface area contributed by atoms with Crippen molar-refractivity contribution in [3.63, 3.8) is 0 Å². The predicted molar refractivity (Wildman–Crippen MR) is 67.7 cm³/mol. The van der Waals surface area contributed by atoms with Crippen LogP contribution in [0.3, 0.4) is 0 Å². The van der Waals surface area contributed by atoms with Gasteiger partial charge in [-0.2, -0.15) is 0 Å². The van der Waals surface area contributed by atoms with Gasteiger partial charge in [0.2, 0.25) is 0 Å². The van der Waals surface area contributed by atoms with Crippen LogP contribution in [0, 0.1) is 0 Å². The van der Waals surface area contributed by atoms with Crippen molar-refractivity contribution in [2.75, 3.05) is 13.7 Å². The van der Waals surface area contributed by atoms with E-state index < -0.39 is 0 Å². The molecule has 0 atom stereocenters. The maximum absolute atomic E-state index is 11.2.